The summed E-state index contributed by atoms with van der Waals surface area (Å²) >= 11 is 0. The normalized spacial score (nSPS) is 9.12. The van der Waals surface area contributed by atoms with E-state index in [-0.39, 0.29) is 5.91 Å². The third kappa shape index (κ3) is 4.05. The summed E-state index contributed by atoms with van der Waals surface area (Å²) in [7, 11) is 0. The molecule has 1 amide bonds. The molecule has 0 saturated heterocycles. The van der Waals surface area contributed by atoms with Crippen LogP contribution in [0.2, 0.25) is 0 Å². The molecular weight excluding hydrogens is 200 g/mol. The van der Waals surface area contributed by atoms with Crippen molar-refractivity contribution < 1.29 is 4.79 Å². The smallest absolute Gasteiger partial charge is 0.216 e. The maximum absolute atomic E-state index is 10.6. The summed E-state index contributed by atoms with van der Waals surface area (Å²) in [5.41, 5.74) is 8.45. The summed E-state index contributed by atoms with van der Waals surface area (Å²) in [6.45, 7) is 4.07. The molecule has 3 heteroatoms. The Labute approximate surface area is 96.0 Å². The molecule has 1 aromatic rings. The van der Waals surface area contributed by atoms with Gasteiger partial charge in [-0.15, -0.1) is 0 Å². The lowest BCUT2D eigenvalue weighted by molar-refractivity contribution is -0.118. The van der Waals surface area contributed by atoms with Gasteiger partial charge in [0.25, 0.3) is 0 Å². The number of anilines is 1. The molecule has 0 fully saturated rings. The number of carbonyl (C=O) groups excluding carboxylic acids is 1. The van der Waals surface area contributed by atoms with Crippen LogP contribution in [0.5, 0.6) is 0 Å². The number of carbonyl (C=O) groups is 1. The molecule has 0 unspecified atom stereocenters. The first-order valence-electron chi connectivity index (χ1n) is 5.19. The van der Waals surface area contributed by atoms with Gasteiger partial charge in [-0.2, -0.15) is 0 Å². The van der Waals surface area contributed by atoms with Crippen LogP contribution in [-0.4, -0.2) is 12.5 Å². The van der Waals surface area contributed by atoms with E-state index in [2.05, 4.69) is 17.2 Å². The Balaban J connectivity index is 2.53. The third-order valence-electron chi connectivity index (χ3n) is 2.10. The number of hydrogen-bond acceptors (Lipinski definition) is 2. The van der Waals surface area contributed by atoms with Gasteiger partial charge in [0.2, 0.25) is 5.91 Å². The first kappa shape index (κ1) is 12.1. The summed E-state index contributed by atoms with van der Waals surface area (Å²) in [5, 5.41) is 2.69. The van der Waals surface area contributed by atoms with Crippen molar-refractivity contribution in [3.63, 3.8) is 0 Å². The van der Waals surface area contributed by atoms with Gasteiger partial charge in [0.1, 0.15) is 0 Å². The van der Waals surface area contributed by atoms with Crippen molar-refractivity contribution in [2.24, 2.45) is 0 Å². The SMILES string of the molecule is CC(=O)NCCC#Cc1ccc(N)cc1C. The predicted molar refractivity (Wildman–Crippen MR) is 65.8 cm³/mol. The highest BCUT2D eigenvalue weighted by atomic mass is 16.1. The third-order valence-corrected chi connectivity index (χ3v) is 2.10. The van der Waals surface area contributed by atoms with Crippen LogP contribution in [0.4, 0.5) is 5.69 Å². The molecule has 0 saturated carbocycles. The van der Waals surface area contributed by atoms with E-state index in [0.29, 0.717) is 13.0 Å². The fourth-order valence-corrected chi connectivity index (χ4v) is 1.29. The van der Waals surface area contributed by atoms with Crippen molar-refractivity contribution >= 4 is 11.6 Å². The minimum absolute atomic E-state index is 0.0227. The second-order valence-electron chi connectivity index (χ2n) is 3.61. The molecule has 1 rings (SSSR count). The standard InChI is InChI=1S/C13H16N2O/c1-10-9-13(14)7-6-12(10)5-3-4-8-15-11(2)16/h6-7,9H,4,8,14H2,1-2H3,(H,15,16). The van der Waals surface area contributed by atoms with Gasteiger partial charge in [-0.05, 0) is 30.7 Å². The van der Waals surface area contributed by atoms with E-state index in [1.807, 2.05) is 25.1 Å². The maximum atomic E-state index is 10.6. The predicted octanol–water partition coefficient (Wildman–Crippen LogP) is 1.45. The molecular formula is C13H16N2O. The fourth-order valence-electron chi connectivity index (χ4n) is 1.29. The zero-order valence-electron chi connectivity index (χ0n) is 9.63. The molecule has 0 spiro atoms. The second-order valence-corrected chi connectivity index (χ2v) is 3.61. The van der Waals surface area contributed by atoms with Crippen LogP contribution in [0.1, 0.15) is 24.5 Å². The molecule has 0 atom stereocenters. The highest BCUT2D eigenvalue weighted by Gasteiger charge is 1.94. The second kappa shape index (κ2) is 5.82. The minimum atomic E-state index is -0.0227. The van der Waals surface area contributed by atoms with Crippen LogP contribution in [0.25, 0.3) is 0 Å². The molecule has 0 radical (unpaired) electrons. The van der Waals surface area contributed by atoms with Gasteiger partial charge in [0.05, 0.1) is 0 Å². The Kier molecular flexibility index (Phi) is 4.41. The quantitative estimate of drug-likeness (QED) is 0.446. The van der Waals surface area contributed by atoms with Gasteiger partial charge in [-0.1, -0.05) is 11.8 Å². The summed E-state index contributed by atoms with van der Waals surface area (Å²) in [6.07, 6.45) is 0.656. The van der Waals surface area contributed by atoms with Gasteiger partial charge in [0.15, 0.2) is 0 Å². The topological polar surface area (TPSA) is 55.1 Å². The summed E-state index contributed by atoms with van der Waals surface area (Å²) in [5.74, 6) is 6.05. The van der Waals surface area contributed by atoms with E-state index in [1.165, 1.54) is 6.92 Å². The van der Waals surface area contributed by atoms with Crippen LogP contribution >= 0.6 is 0 Å². The summed E-state index contributed by atoms with van der Waals surface area (Å²) < 4.78 is 0. The minimum Gasteiger partial charge on any atom is -0.399 e. The Bertz CT molecular complexity index is 441. The molecule has 3 nitrogen and oxygen atoms in total. The number of amides is 1. The molecule has 0 aliphatic rings. The first-order valence-corrected chi connectivity index (χ1v) is 5.19. The molecule has 0 aliphatic carbocycles. The number of hydrogen-bond donors (Lipinski definition) is 2. The number of benzene rings is 1. The van der Waals surface area contributed by atoms with Crippen molar-refractivity contribution in [2.75, 3.05) is 12.3 Å². The van der Waals surface area contributed by atoms with E-state index in [4.69, 9.17) is 5.73 Å². The molecule has 0 aliphatic heterocycles. The Hall–Kier alpha value is -1.95. The number of rotatable bonds is 2. The van der Waals surface area contributed by atoms with Gasteiger partial charge >= 0.3 is 0 Å². The Morgan fingerprint density at radius 3 is 2.88 bits per heavy atom. The van der Waals surface area contributed by atoms with Gasteiger partial charge in [-0.25, -0.2) is 0 Å². The van der Waals surface area contributed by atoms with Crippen LogP contribution in [0, 0.1) is 18.8 Å². The number of nitrogen functional groups attached to an aromatic ring is 1. The average molecular weight is 216 g/mol. The van der Waals surface area contributed by atoms with Crippen molar-refractivity contribution in [3.05, 3.63) is 29.3 Å². The van der Waals surface area contributed by atoms with Crippen LogP contribution in [-0.2, 0) is 4.79 Å². The van der Waals surface area contributed by atoms with E-state index in [1.54, 1.807) is 0 Å². The molecule has 3 N–H and O–H groups in total. The summed E-state index contributed by atoms with van der Waals surface area (Å²) in [4.78, 5) is 10.6. The fraction of sp³-hybridized carbons (Fsp3) is 0.308. The number of aryl methyl sites for hydroxylation is 1. The molecule has 0 bridgehead atoms. The van der Waals surface area contributed by atoms with E-state index < -0.39 is 0 Å². The van der Waals surface area contributed by atoms with Gasteiger partial charge < -0.3 is 11.1 Å². The molecule has 84 valence electrons. The summed E-state index contributed by atoms with van der Waals surface area (Å²) in [6, 6.07) is 5.65. The number of nitrogens with two attached hydrogens (primary N) is 1. The molecule has 0 heterocycles. The van der Waals surface area contributed by atoms with Gasteiger partial charge in [0, 0.05) is 31.1 Å². The van der Waals surface area contributed by atoms with Crippen molar-refractivity contribution in [3.8, 4) is 11.8 Å². The average Bonchev–Trinajstić information content (AvgIpc) is 2.20. The number of nitrogens with one attached hydrogen (secondary N) is 1. The Morgan fingerprint density at radius 1 is 1.50 bits per heavy atom. The Morgan fingerprint density at radius 2 is 2.25 bits per heavy atom. The first-order chi connectivity index (χ1) is 7.59. The van der Waals surface area contributed by atoms with E-state index in [0.717, 1.165) is 16.8 Å². The largest absolute Gasteiger partial charge is 0.399 e. The lowest BCUT2D eigenvalue weighted by Crippen LogP contribution is -2.20. The molecule has 0 aromatic heterocycles. The molecule has 16 heavy (non-hydrogen) atoms. The van der Waals surface area contributed by atoms with Crippen molar-refractivity contribution in [1.29, 1.82) is 0 Å². The highest BCUT2D eigenvalue weighted by Crippen LogP contribution is 2.10. The highest BCUT2D eigenvalue weighted by molar-refractivity contribution is 5.72. The van der Waals surface area contributed by atoms with Crippen LogP contribution in [0.15, 0.2) is 18.2 Å². The zero-order valence-corrected chi connectivity index (χ0v) is 9.63. The van der Waals surface area contributed by atoms with Gasteiger partial charge in [-0.3, -0.25) is 4.79 Å². The zero-order chi connectivity index (χ0) is 12.0. The molecule has 1 aromatic carbocycles. The lowest BCUT2D eigenvalue weighted by Gasteiger charge is -1.99. The van der Waals surface area contributed by atoms with E-state index in [9.17, 15) is 4.79 Å². The maximum Gasteiger partial charge on any atom is 0.216 e. The lowest BCUT2D eigenvalue weighted by atomic mass is 10.1. The van der Waals surface area contributed by atoms with Crippen LogP contribution < -0.4 is 11.1 Å². The monoisotopic (exact) mass is 216 g/mol. The van der Waals surface area contributed by atoms with Crippen molar-refractivity contribution in [2.45, 2.75) is 20.3 Å². The van der Waals surface area contributed by atoms with Crippen LogP contribution in [0.3, 0.4) is 0 Å². The van der Waals surface area contributed by atoms with E-state index >= 15 is 0 Å². The van der Waals surface area contributed by atoms with Crippen molar-refractivity contribution in [1.82, 2.24) is 5.32 Å².